The summed E-state index contributed by atoms with van der Waals surface area (Å²) < 4.78 is 45.7. The van der Waals surface area contributed by atoms with Crippen LogP contribution in [-0.4, -0.2) is 26.9 Å². The average Bonchev–Trinajstić information content (AvgIpc) is 2.77. The van der Waals surface area contributed by atoms with Gasteiger partial charge in [-0.05, 0) is 12.1 Å². The summed E-state index contributed by atoms with van der Waals surface area (Å²) in [5.41, 5.74) is 3.78. The summed E-state index contributed by atoms with van der Waals surface area (Å²) in [5, 5.41) is 12.3. The van der Waals surface area contributed by atoms with Crippen molar-refractivity contribution in [3.63, 3.8) is 0 Å². The fraction of sp³-hybridized carbons (Fsp3) is 0.286. The normalized spacial score (nSPS) is 12.9. The first-order valence-corrected chi connectivity index (χ1v) is 6.54. The van der Waals surface area contributed by atoms with Gasteiger partial charge < -0.3 is 15.6 Å². The van der Waals surface area contributed by atoms with Gasteiger partial charge in [0.2, 0.25) is 5.88 Å². The highest BCUT2D eigenvalue weighted by molar-refractivity contribution is 5.73. The number of carboxylic acid groups (broad SMARTS) is 1. The highest BCUT2D eigenvalue weighted by Gasteiger charge is 2.40. The number of hydrogen-bond donors (Lipinski definition) is 2. The van der Waals surface area contributed by atoms with Crippen LogP contribution in [0.3, 0.4) is 0 Å². The number of hydrogen-bond acceptors (Lipinski definition) is 4. The number of carbonyl (C=O) groups is 1. The van der Waals surface area contributed by atoms with E-state index < -0.39 is 35.9 Å². The van der Waals surface area contributed by atoms with Crippen molar-refractivity contribution in [3.05, 3.63) is 41.6 Å². The fourth-order valence-corrected chi connectivity index (χ4v) is 2.00. The van der Waals surface area contributed by atoms with E-state index in [1.54, 1.807) is 30.3 Å². The maximum Gasteiger partial charge on any atom is 0.435 e. The Morgan fingerprint density at radius 2 is 2.00 bits per heavy atom. The number of ether oxygens (including phenoxy) is 1. The number of carboxylic acids is 1. The van der Waals surface area contributed by atoms with Crippen LogP contribution in [0, 0.1) is 0 Å². The SMILES string of the molecule is Cn1nc(C(F)(F)F)c(CC(N)C(=O)O)c1Oc1ccccc1. The molecule has 1 atom stereocenters. The summed E-state index contributed by atoms with van der Waals surface area (Å²) in [6, 6.07) is 6.64. The molecule has 0 aliphatic rings. The van der Waals surface area contributed by atoms with Crippen LogP contribution >= 0.6 is 0 Å². The molecule has 0 saturated heterocycles. The first kappa shape index (κ1) is 16.8. The lowest BCUT2D eigenvalue weighted by molar-refractivity contribution is -0.143. The summed E-state index contributed by atoms with van der Waals surface area (Å²) in [7, 11) is 1.28. The Labute approximate surface area is 129 Å². The van der Waals surface area contributed by atoms with Gasteiger partial charge in [0.05, 0.1) is 0 Å². The Morgan fingerprint density at radius 3 is 2.52 bits per heavy atom. The largest absolute Gasteiger partial charge is 0.480 e. The molecule has 0 aliphatic heterocycles. The Morgan fingerprint density at radius 1 is 1.39 bits per heavy atom. The predicted molar refractivity (Wildman–Crippen MR) is 74.0 cm³/mol. The molecule has 0 spiro atoms. The molecule has 0 saturated carbocycles. The third kappa shape index (κ3) is 3.81. The third-order valence-electron chi connectivity index (χ3n) is 3.06. The maximum atomic E-state index is 13.1. The Balaban J connectivity index is 2.47. The molecular weight excluding hydrogens is 315 g/mol. The zero-order valence-electron chi connectivity index (χ0n) is 12.0. The minimum absolute atomic E-state index is 0.194. The van der Waals surface area contributed by atoms with Crippen LogP contribution < -0.4 is 10.5 Å². The van der Waals surface area contributed by atoms with Gasteiger partial charge in [-0.1, -0.05) is 18.2 Å². The van der Waals surface area contributed by atoms with Crippen molar-refractivity contribution in [2.24, 2.45) is 12.8 Å². The lowest BCUT2D eigenvalue weighted by atomic mass is 10.1. The zero-order valence-corrected chi connectivity index (χ0v) is 12.0. The number of rotatable bonds is 5. The van der Waals surface area contributed by atoms with Crippen LogP contribution in [0.25, 0.3) is 0 Å². The number of aliphatic carboxylic acids is 1. The van der Waals surface area contributed by atoms with E-state index in [4.69, 9.17) is 15.6 Å². The molecule has 0 fully saturated rings. The second-order valence-corrected chi connectivity index (χ2v) is 4.82. The number of benzene rings is 1. The molecule has 2 aromatic rings. The molecule has 23 heavy (non-hydrogen) atoms. The number of nitrogens with zero attached hydrogens (tertiary/aromatic N) is 2. The van der Waals surface area contributed by atoms with Crippen molar-refractivity contribution in [1.82, 2.24) is 9.78 Å². The molecule has 124 valence electrons. The molecule has 1 aromatic heterocycles. The van der Waals surface area contributed by atoms with E-state index in [-0.39, 0.29) is 5.88 Å². The average molecular weight is 329 g/mol. The molecule has 1 aromatic carbocycles. The highest BCUT2D eigenvalue weighted by Crippen LogP contribution is 2.37. The molecule has 2 rings (SSSR count). The second kappa shape index (κ2) is 6.29. The number of nitrogens with two attached hydrogens (primary N) is 1. The molecule has 0 amide bonds. The summed E-state index contributed by atoms with van der Waals surface area (Å²) in [5.74, 6) is -1.30. The van der Waals surface area contributed by atoms with Crippen LogP contribution in [0.2, 0.25) is 0 Å². The van der Waals surface area contributed by atoms with E-state index in [2.05, 4.69) is 5.10 Å². The van der Waals surface area contributed by atoms with E-state index in [0.717, 1.165) is 4.68 Å². The third-order valence-corrected chi connectivity index (χ3v) is 3.06. The van der Waals surface area contributed by atoms with Gasteiger partial charge >= 0.3 is 12.1 Å². The van der Waals surface area contributed by atoms with Crippen LogP contribution in [0.5, 0.6) is 11.6 Å². The Hall–Kier alpha value is -2.55. The van der Waals surface area contributed by atoms with Gasteiger partial charge in [-0.25, -0.2) is 4.68 Å². The van der Waals surface area contributed by atoms with Crippen LogP contribution in [0.1, 0.15) is 11.3 Å². The van der Waals surface area contributed by atoms with Gasteiger partial charge in [-0.15, -0.1) is 0 Å². The van der Waals surface area contributed by atoms with Crippen molar-refractivity contribution in [2.75, 3.05) is 0 Å². The van der Waals surface area contributed by atoms with E-state index in [1.165, 1.54) is 7.05 Å². The van der Waals surface area contributed by atoms with Gasteiger partial charge in [0, 0.05) is 19.0 Å². The van der Waals surface area contributed by atoms with E-state index in [0.29, 0.717) is 5.75 Å². The van der Waals surface area contributed by atoms with Crippen molar-refractivity contribution in [2.45, 2.75) is 18.6 Å². The summed E-state index contributed by atoms with van der Waals surface area (Å²) in [4.78, 5) is 10.9. The van der Waals surface area contributed by atoms with Gasteiger partial charge in [0.1, 0.15) is 11.8 Å². The Bertz CT molecular complexity index is 699. The minimum Gasteiger partial charge on any atom is -0.480 e. The van der Waals surface area contributed by atoms with Crippen molar-refractivity contribution in [1.29, 1.82) is 0 Å². The first-order chi connectivity index (χ1) is 10.7. The summed E-state index contributed by atoms with van der Waals surface area (Å²) in [6.45, 7) is 0. The smallest absolute Gasteiger partial charge is 0.435 e. The van der Waals surface area contributed by atoms with Crippen LogP contribution in [0.4, 0.5) is 13.2 Å². The van der Waals surface area contributed by atoms with Crippen molar-refractivity contribution >= 4 is 5.97 Å². The summed E-state index contributed by atoms with van der Waals surface area (Å²) >= 11 is 0. The molecular formula is C14H14F3N3O3. The maximum absolute atomic E-state index is 13.1. The van der Waals surface area contributed by atoms with Gasteiger partial charge in [0.25, 0.3) is 0 Å². The number of aromatic nitrogens is 2. The summed E-state index contributed by atoms with van der Waals surface area (Å²) in [6.07, 6.45) is -5.30. The molecule has 6 nitrogen and oxygen atoms in total. The molecule has 1 heterocycles. The molecule has 0 bridgehead atoms. The number of aryl methyl sites for hydroxylation is 1. The highest BCUT2D eigenvalue weighted by atomic mass is 19.4. The van der Waals surface area contributed by atoms with E-state index >= 15 is 0 Å². The topological polar surface area (TPSA) is 90.4 Å². The molecule has 0 aliphatic carbocycles. The Kier molecular flexibility index (Phi) is 4.60. The molecule has 0 radical (unpaired) electrons. The quantitative estimate of drug-likeness (QED) is 0.877. The van der Waals surface area contributed by atoms with Gasteiger partial charge in [-0.2, -0.15) is 18.3 Å². The number of para-hydroxylation sites is 1. The molecule has 1 unspecified atom stereocenters. The van der Waals surface area contributed by atoms with Crippen LogP contribution in [0.15, 0.2) is 30.3 Å². The molecule has 9 heteroatoms. The zero-order chi connectivity index (χ0) is 17.2. The lowest BCUT2D eigenvalue weighted by Gasteiger charge is -2.12. The molecule has 3 N–H and O–H groups in total. The van der Waals surface area contributed by atoms with Gasteiger partial charge in [-0.3, -0.25) is 4.79 Å². The van der Waals surface area contributed by atoms with Crippen LogP contribution in [-0.2, 0) is 24.4 Å². The number of alkyl halides is 3. The minimum atomic E-state index is -4.75. The number of halogens is 3. The lowest BCUT2D eigenvalue weighted by Crippen LogP contribution is -2.33. The predicted octanol–water partition coefficient (Wildman–Crippen LogP) is 2.19. The second-order valence-electron chi connectivity index (χ2n) is 4.82. The first-order valence-electron chi connectivity index (χ1n) is 6.54. The van der Waals surface area contributed by atoms with E-state index in [9.17, 15) is 18.0 Å². The van der Waals surface area contributed by atoms with Gasteiger partial charge in [0.15, 0.2) is 5.69 Å². The van der Waals surface area contributed by atoms with Crippen molar-refractivity contribution < 1.29 is 27.8 Å². The van der Waals surface area contributed by atoms with E-state index in [1.807, 2.05) is 0 Å². The fourth-order valence-electron chi connectivity index (χ4n) is 2.00. The van der Waals surface area contributed by atoms with Crippen molar-refractivity contribution in [3.8, 4) is 11.6 Å². The monoisotopic (exact) mass is 329 g/mol. The standard InChI is InChI=1S/C14H14F3N3O3/c1-20-12(23-8-5-3-2-4-6-8)9(7-10(18)13(21)22)11(19-20)14(15,16)17/h2-6,10H,7,18H2,1H3,(H,21,22).